The number of aromatic nitrogens is 1. The molecule has 0 bridgehead atoms. The minimum Gasteiger partial charge on any atom is -0.481 e. The summed E-state index contributed by atoms with van der Waals surface area (Å²) >= 11 is 1.42. The summed E-state index contributed by atoms with van der Waals surface area (Å²) < 4.78 is 0. The predicted molar refractivity (Wildman–Crippen MR) is 95.9 cm³/mol. The van der Waals surface area contributed by atoms with Crippen molar-refractivity contribution in [1.82, 2.24) is 4.98 Å². The van der Waals surface area contributed by atoms with Crippen molar-refractivity contribution in [3.05, 3.63) is 45.4 Å². The molecule has 1 heterocycles. The van der Waals surface area contributed by atoms with E-state index < -0.39 is 5.97 Å². The van der Waals surface area contributed by atoms with Gasteiger partial charge in [-0.3, -0.25) is 9.59 Å². The molecule has 0 aliphatic rings. The van der Waals surface area contributed by atoms with Crippen molar-refractivity contribution in [1.29, 1.82) is 0 Å². The highest BCUT2D eigenvalue weighted by atomic mass is 32.1. The van der Waals surface area contributed by atoms with E-state index in [4.69, 9.17) is 5.11 Å². The molecule has 1 aromatic carbocycles. The number of rotatable bonds is 5. The highest BCUT2D eigenvalue weighted by Crippen LogP contribution is 2.29. The van der Waals surface area contributed by atoms with Crippen molar-refractivity contribution in [3.63, 3.8) is 0 Å². The van der Waals surface area contributed by atoms with E-state index in [2.05, 4.69) is 31.1 Å². The molecule has 0 saturated heterocycles. The van der Waals surface area contributed by atoms with E-state index in [9.17, 15) is 9.59 Å². The van der Waals surface area contributed by atoms with Crippen molar-refractivity contribution in [3.8, 4) is 0 Å². The lowest BCUT2D eigenvalue weighted by Gasteiger charge is -2.13. The minimum absolute atomic E-state index is 0.0836. The van der Waals surface area contributed by atoms with E-state index >= 15 is 0 Å². The average Bonchev–Trinajstić information content (AvgIpc) is 2.88. The first-order chi connectivity index (χ1) is 11.2. The maximum atomic E-state index is 12.5. The van der Waals surface area contributed by atoms with Crippen LogP contribution in [0.15, 0.2) is 24.3 Å². The van der Waals surface area contributed by atoms with E-state index in [1.54, 1.807) is 12.1 Å². The van der Waals surface area contributed by atoms with Gasteiger partial charge in [-0.05, 0) is 31.0 Å². The molecular formula is C18H22N2O3S. The summed E-state index contributed by atoms with van der Waals surface area (Å²) in [5.41, 5.74) is 2.27. The van der Waals surface area contributed by atoms with Gasteiger partial charge in [-0.2, -0.15) is 0 Å². The first-order valence-electron chi connectivity index (χ1n) is 7.77. The molecule has 0 aliphatic heterocycles. The lowest BCUT2D eigenvalue weighted by Crippen LogP contribution is -2.11. The molecule has 2 N–H and O–H groups in total. The van der Waals surface area contributed by atoms with Crippen molar-refractivity contribution < 1.29 is 14.7 Å². The van der Waals surface area contributed by atoms with Crippen LogP contribution < -0.4 is 5.32 Å². The molecule has 5 nitrogen and oxygen atoms in total. The molecule has 2 rings (SSSR count). The molecule has 0 radical (unpaired) electrons. The van der Waals surface area contributed by atoms with Gasteiger partial charge in [-0.25, -0.2) is 4.98 Å². The van der Waals surface area contributed by atoms with Gasteiger partial charge in [0.2, 0.25) is 0 Å². The van der Waals surface area contributed by atoms with Crippen LogP contribution in [-0.4, -0.2) is 22.0 Å². The monoisotopic (exact) mass is 346 g/mol. The lowest BCUT2D eigenvalue weighted by molar-refractivity contribution is -0.136. The van der Waals surface area contributed by atoms with Gasteiger partial charge in [0.15, 0.2) is 0 Å². The second kappa shape index (κ2) is 7.13. The van der Waals surface area contributed by atoms with Gasteiger partial charge in [0.1, 0.15) is 4.88 Å². The second-order valence-corrected chi connectivity index (χ2v) is 7.73. The zero-order chi connectivity index (χ0) is 17.9. The molecule has 1 aromatic heterocycles. The van der Waals surface area contributed by atoms with Crippen LogP contribution in [0.1, 0.15) is 53.1 Å². The molecular weight excluding hydrogens is 324 g/mol. The second-order valence-electron chi connectivity index (χ2n) is 6.73. The Morgan fingerprint density at radius 2 is 1.83 bits per heavy atom. The number of amides is 1. The Bertz CT molecular complexity index is 743. The third-order valence-electron chi connectivity index (χ3n) is 3.48. The molecule has 0 spiro atoms. The maximum Gasteiger partial charge on any atom is 0.303 e. The number of hydrogen-bond donors (Lipinski definition) is 2. The van der Waals surface area contributed by atoms with Gasteiger partial charge in [0, 0.05) is 17.5 Å². The van der Waals surface area contributed by atoms with Crippen LogP contribution in [0.25, 0.3) is 0 Å². The number of hydrogen-bond acceptors (Lipinski definition) is 4. The quantitative estimate of drug-likeness (QED) is 0.857. The van der Waals surface area contributed by atoms with E-state index in [0.29, 0.717) is 17.0 Å². The fourth-order valence-corrected chi connectivity index (χ4v) is 3.14. The molecule has 2 aromatic rings. The summed E-state index contributed by atoms with van der Waals surface area (Å²) in [6.07, 6.45) is 0.577. The van der Waals surface area contributed by atoms with Crippen LogP contribution in [0.2, 0.25) is 0 Å². The number of carboxylic acid groups (broad SMARTS) is 1. The molecule has 24 heavy (non-hydrogen) atoms. The molecule has 0 unspecified atom stereocenters. The van der Waals surface area contributed by atoms with Crippen molar-refractivity contribution in [2.24, 2.45) is 0 Å². The number of nitrogens with one attached hydrogen (secondary N) is 1. The highest BCUT2D eigenvalue weighted by molar-refractivity contribution is 7.14. The van der Waals surface area contributed by atoms with E-state index in [-0.39, 0.29) is 17.7 Å². The average molecular weight is 346 g/mol. The standard InChI is InChI=1S/C18H22N2O3S/c1-11-15(24-17(19-11)18(2,3)4)16(23)20-13-8-5-12(6-9-13)7-10-14(21)22/h5-6,8-9H,7,10H2,1-4H3,(H,20,23)(H,21,22). The third kappa shape index (κ3) is 4.64. The van der Waals surface area contributed by atoms with Gasteiger partial charge in [-0.1, -0.05) is 32.9 Å². The molecule has 128 valence electrons. The van der Waals surface area contributed by atoms with Crippen LogP contribution in [0.4, 0.5) is 5.69 Å². The highest BCUT2D eigenvalue weighted by Gasteiger charge is 2.23. The van der Waals surface area contributed by atoms with E-state index in [0.717, 1.165) is 16.3 Å². The number of aliphatic carboxylic acids is 1. The fraction of sp³-hybridized carbons (Fsp3) is 0.389. The Kier molecular flexibility index (Phi) is 5.39. The summed E-state index contributed by atoms with van der Waals surface area (Å²) in [5, 5.41) is 12.5. The summed E-state index contributed by atoms with van der Waals surface area (Å²) in [6, 6.07) is 7.24. The van der Waals surface area contributed by atoms with Gasteiger partial charge in [0.25, 0.3) is 5.91 Å². The molecule has 0 atom stereocenters. The predicted octanol–water partition coefficient (Wildman–Crippen LogP) is 4.02. The van der Waals surface area contributed by atoms with Crippen molar-refractivity contribution in [2.75, 3.05) is 5.32 Å². The zero-order valence-electron chi connectivity index (χ0n) is 14.3. The topological polar surface area (TPSA) is 79.3 Å². The number of carbonyl (C=O) groups is 2. The van der Waals surface area contributed by atoms with Gasteiger partial charge in [0.05, 0.1) is 10.7 Å². The SMILES string of the molecule is Cc1nc(C(C)(C)C)sc1C(=O)Nc1ccc(CCC(=O)O)cc1. The third-order valence-corrected chi connectivity index (χ3v) is 5.07. The number of carboxylic acids is 1. The summed E-state index contributed by atoms with van der Waals surface area (Å²) in [7, 11) is 0. The number of thiazole rings is 1. The number of anilines is 1. The first kappa shape index (κ1) is 18.1. The lowest BCUT2D eigenvalue weighted by atomic mass is 9.98. The normalized spacial score (nSPS) is 11.3. The van der Waals surface area contributed by atoms with E-state index in [1.165, 1.54) is 11.3 Å². The van der Waals surface area contributed by atoms with Crippen LogP contribution in [-0.2, 0) is 16.6 Å². The zero-order valence-corrected chi connectivity index (χ0v) is 15.2. The van der Waals surface area contributed by atoms with Crippen LogP contribution in [0.5, 0.6) is 0 Å². The van der Waals surface area contributed by atoms with Crippen LogP contribution >= 0.6 is 11.3 Å². The number of carbonyl (C=O) groups excluding carboxylic acids is 1. The Morgan fingerprint density at radius 3 is 2.33 bits per heavy atom. The van der Waals surface area contributed by atoms with Gasteiger partial charge < -0.3 is 10.4 Å². The van der Waals surface area contributed by atoms with Crippen LogP contribution in [0, 0.1) is 6.92 Å². The minimum atomic E-state index is -0.817. The largest absolute Gasteiger partial charge is 0.481 e. The van der Waals surface area contributed by atoms with Crippen LogP contribution in [0.3, 0.4) is 0 Å². The Balaban J connectivity index is 2.07. The smallest absolute Gasteiger partial charge is 0.303 e. The van der Waals surface area contributed by atoms with E-state index in [1.807, 2.05) is 19.1 Å². The first-order valence-corrected chi connectivity index (χ1v) is 8.58. The van der Waals surface area contributed by atoms with Crippen molar-refractivity contribution >= 4 is 28.9 Å². The molecule has 0 fully saturated rings. The summed E-state index contributed by atoms with van der Waals surface area (Å²) in [5.74, 6) is -0.985. The fourth-order valence-electron chi connectivity index (χ4n) is 2.12. The molecule has 6 heteroatoms. The Morgan fingerprint density at radius 1 is 1.21 bits per heavy atom. The summed E-state index contributed by atoms with van der Waals surface area (Å²) in [4.78, 5) is 28.2. The molecule has 1 amide bonds. The van der Waals surface area contributed by atoms with Gasteiger partial charge in [-0.15, -0.1) is 11.3 Å². The Labute approximate surface area is 145 Å². The Hall–Kier alpha value is -2.21. The number of nitrogens with zero attached hydrogens (tertiary/aromatic N) is 1. The van der Waals surface area contributed by atoms with Crippen molar-refractivity contribution in [2.45, 2.75) is 46.0 Å². The summed E-state index contributed by atoms with van der Waals surface area (Å²) in [6.45, 7) is 8.06. The molecule has 0 saturated carbocycles. The number of aryl methyl sites for hydroxylation is 2. The maximum absolute atomic E-state index is 12.5. The molecule has 0 aliphatic carbocycles. The van der Waals surface area contributed by atoms with Gasteiger partial charge >= 0.3 is 5.97 Å². The number of benzene rings is 1.